The van der Waals surface area contributed by atoms with Crippen LogP contribution in [-0.2, 0) is 28.7 Å². The summed E-state index contributed by atoms with van der Waals surface area (Å²) in [5.74, 6) is -5.91. The number of Topliss-reactive ketones (excluding diaryl/α,β-unsaturated/α-hetero) is 1. The normalized spacial score (nSPS) is 35.0. The monoisotopic (exact) mass is 583 g/mol. The summed E-state index contributed by atoms with van der Waals surface area (Å²) in [5.41, 5.74) is -10.2. The van der Waals surface area contributed by atoms with E-state index >= 15 is 0 Å². The Labute approximate surface area is 233 Å². The van der Waals surface area contributed by atoms with E-state index in [4.69, 9.17) is 21.1 Å². The third kappa shape index (κ3) is 3.02. The van der Waals surface area contributed by atoms with E-state index in [1.807, 2.05) is 0 Å². The number of anilines is 1. The smallest absolute Gasteiger partial charge is 0.448 e. The minimum Gasteiger partial charge on any atom is -0.448 e. The van der Waals surface area contributed by atoms with E-state index < -0.39 is 79.8 Å². The van der Waals surface area contributed by atoms with Crippen molar-refractivity contribution in [3.05, 3.63) is 28.8 Å². The number of ether oxygens (including phenoxy) is 2. The van der Waals surface area contributed by atoms with Crippen LogP contribution in [0.4, 0.5) is 18.9 Å². The number of imide groups is 1. The topological polar surface area (TPSA) is 107 Å². The van der Waals surface area contributed by atoms with Crippen molar-refractivity contribution in [2.45, 2.75) is 84.6 Å². The SMILES string of the molecule is CC1(C)[C@@]2(C)CC[C@]1(C(=O)N(C(=O)[C@@]13CC[C@@](C)(C(=O)O1)C3(C)C)c1ccc(Cl)cc1C(=O)C(F)(F)F)OC2=O. The number of esters is 2. The molecule has 2 aliphatic heterocycles. The molecule has 0 unspecified atom stereocenters. The van der Waals surface area contributed by atoms with Crippen molar-refractivity contribution in [1.82, 2.24) is 0 Å². The molecule has 1 aromatic rings. The van der Waals surface area contributed by atoms with Gasteiger partial charge in [0.25, 0.3) is 17.6 Å². The van der Waals surface area contributed by atoms with Crippen LogP contribution >= 0.6 is 11.6 Å². The number of benzene rings is 1. The van der Waals surface area contributed by atoms with Gasteiger partial charge in [0.2, 0.25) is 0 Å². The maximum absolute atomic E-state index is 14.6. The summed E-state index contributed by atoms with van der Waals surface area (Å²) in [4.78, 5) is 68.3. The summed E-state index contributed by atoms with van der Waals surface area (Å²) in [6.45, 7) is 9.76. The highest BCUT2D eigenvalue weighted by molar-refractivity contribution is 6.32. The molecule has 2 aliphatic carbocycles. The molecule has 4 aliphatic rings. The number of rotatable bonds is 4. The Bertz CT molecular complexity index is 1350. The predicted octanol–water partition coefficient (Wildman–Crippen LogP) is 5.19. The maximum atomic E-state index is 14.6. The zero-order valence-corrected chi connectivity index (χ0v) is 23.6. The lowest BCUT2D eigenvalue weighted by molar-refractivity contribution is -0.172. The van der Waals surface area contributed by atoms with Crippen LogP contribution in [0.2, 0.25) is 5.02 Å². The van der Waals surface area contributed by atoms with Gasteiger partial charge in [0.1, 0.15) is 0 Å². The number of hydrogen-bond donors (Lipinski definition) is 0. The Morgan fingerprint density at radius 1 is 0.800 bits per heavy atom. The number of alkyl halides is 3. The number of ketones is 1. The molecule has 0 N–H and O–H groups in total. The molecule has 5 rings (SSSR count). The van der Waals surface area contributed by atoms with E-state index in [0.717, 1.165) is 18.2 Å². The Balaban J connectivity index is 1.76. The molecule has 0 aromatic heterocycles. The molecule has 2 saturated carbocycles. The van der Waals surface area contributed by atoms with Crippen LogP contribution < -0.4 is 4.90 Å². The number of amides is 2. The Morgan fingerprint density at radius 2 is 1.23 bits per heavy atom. The lowest BCUT2D eigenvalue weighted by Crippen LogP contribution is -2.63. The van der Waals surface area contributed by atoms with E-state index in [1.165, 1.54) is 0 Å². The van der Waals surface area contributed by atoms with Crippen molar-refractivity contribution in [2.75, 3.05) is 4.90 Å². The third-order valence-corrected chi connectivity index (χ3v) is 11.2. The van der Waals surface area contributed by atoms with E-state index in [2.05, 4.69) is 0 Å². The van der Waals surface area contributed by atoms with Crippen molar-refractivity contribution >= 4 is 46.8 Å². The minimum absolute atomic E-state index is 0.00507. The molecule has 2 heterocycles. The maximum Gasteiger partial charge on any atom is 0.454 e. The van der Waals surface area contributed by atoms with Crippen LogP contribution in [0.1, 0.15) is 77.6 Å². The van der Waals surface area contributed by atoms with Crippen LogP contribution in [0.25, 0.3) is 0 Å². The summed E-state index contributed by atoms with van der Waals surface area (Å²) in [6, 6.07) is 2.84. The number of fused-ring (bicyclic) bond motifs is 4. The molecule has 2 amide bonds. The first-order valence-corrected chi connectivity index (χ1v) is 13.3. The molecule has 8 nitrogen and oxygen atoms in total. The molecule has 4 atom stereocenters. The molecular formula is C28H29ClF3NO7. The van der Waals surface area contributed by atoms with E-state index in [-0.39, 0.29) is 30.7 Å². The van der Waals surface area contributed by atoms with E-state index in [9.17, 15) is 37.1 Å². The Morgan fingerprint density at radius 3 is 1.55 bits per heavy atom. The van der Waals surface area contributed by atoms with Crippen molar-refractivity contribution in [3.63, 3.8) is 0 Å². The third-order valence-electron chi connectivity index (χ3n) is 11.0. The fourth-order valence-electron chi connectivity index (χ4n) is 7.15. The fourth-order valence-corrected chi connectivity index (χ4v) is 7.32. The van der Waals surface area contributed by atoms with Gasteiger partial charge in [-0.3, -0.25) is 24.0 Å². The lowest BCUT2D eigenvalue weighted by Gasteiger charge is -2.42. The summed E-state index contributed by atoms with van der Waals surface area (Å²) >= 11 is 5.97. The first-order valence-electron chi connectivity index (χ1n) is 12.9. The van der Waals surface area contributed by atoms with Crippen LogP contribution in [0.15, 0.2) is 18.2 Å². The number of halogens is 4. The average Bonchev–Trinajstić information content (AvgIpc) is 3.31. The van der Waals surface area contributed by atoms with E-state index in [1.54, 1.807) is 41.5 Å². The van der Waals surface area contributed by atoms with Gasteiger partial charge < -0.3 is 9.47 Å². The predicted molar refractivity (Wildman–Crippen MR) is 134 cm³/mol. The summed E-state index contributed by atoms with van der Waals surface area (Å²) < 4.78 is 52.6. The van der Waals surface area contributed by atoms with E-state index in [0.29, 0.717) is 4.90 Å². The number of nitrogens with zero attached hydrogens (tertiary/aromatic N) is 1. The molecule has 216 valence electrons. The van der Waals surface area contributed by atoms with Crippen LogP contribution in [0, 0.1) is 21.7 Å². The largest absolute Gasteiger partial charge is 0.454 e. The standard InChI is InChI=1S/C28H29ClF3NO7/c1-22(2)24(5)9-11-26(22,39-20(24)37)18(35)33(16-8-7-14(29)13-15(16)17(34)28(30,31)32)19(36)27-12-10-25(6,21(38)40-27)23(27,3)4/h7-8,13H,9-12H2,1-6H3/t24-,25-,26+,27+/m0/s1. The minimum atomic E-state index is -5.37. The van der Waals surface area contributed by atoms with Gasteiger partial charge in [-0.05, 0) is 57.7 Å². The second-order valence-corrected chi connectivity index (χ2v) is 13.2. The molecule has 0 radical (unpaired) electrons. The van der Waals surface area contributed by atoms with Crippen molar-refractivity contribution < 1.29 is 46.6 Å². The van der Waals surface area contributed by atoms with Gasteiger partial charge in [-0.1, -0.05) is 39.3 Å². The second-order valence-electron chi connectivity index (χ2n) is 12.8. The van der Waals surface area contributed by atoms with Gasteiger partial charge >= 0.3 is 18.1 Å². The van der Waals surface area contributed by atoms with Gasteiger partial charge in [-0.15, -0.1) is 0 Å². The Kier molecular flexibility index (Phi) is 5.62. The molecule has 40 heavy (non-hydrogen) atoms. The van der Waals surface area contributed by atoms with Crippen LogP contribution in [-0.4, -0.2) is 46.9 Å². The van der Waals surface area contributed by atoms with Crippen LogP contribution in [0.3, 0.4) is 0 Å². The van der Waals surface area contributed by atoms with Gasteiger partial charge in [0, 0.05) is 15.9 Å². The zero-order valence-electron chi connectivity index (χ0n) is 22.9. The molecule has 0 spiro atoms. The number of hydrogen-bond acceptors (Lipinski definition) is 7. The summed E-state index contributed by atoms with van der Waals surface area (Å²) in [7, 11) is 0. The zero-order chi connectivity index (χ0) is 30.1. The molecule has 4 fully saturated rings. The summed E-state index contributed by atoms with van der Waals surface area (Å²) in [6.07, 6.45) is -4.93. The van der Waals surface area contributed by atoms with Gasteiger partial charge in [-0.25, -0.2) is 4.90 Å². The van der Waals surface area contributed by atoms with Crippen molar-refractivity contribution in [1.29, 1.82) is 0 Å². The summed E-state index contributed by atoms with van der Waals surface area (Å²) in [5, 5.41) is -0.241. The number of carbonyl (C=O) groups is 5. The molecule has 12 heteroatoms. The molecule has 2 saturated heterocycles. The van der Waals surface area contributed by atoms with Gasteiger partial charge in [0.05, 0.1) is 22.1 Å². The molecule has 1 aromatic carbocycles. The molecular weight excluding hydrogens is 555 g/mol. The van der Waals surface area contributed by atoms with Crippen molar-refractivity contribution in [2.24, 2.45) is 21.7 Å². The highest BCUT2D eigenvalue weighted by Gasteiger charge is 2.80. The average molecular weight is 584 g/mol. The van der Waals surface area contributed by atoms with Crippen molar-refractivity contribution in [3.8, 4) is 0 Å². The highest BCUT2D eigenvalue weighted by atomic mass is 35.5. The first-order chi connectivity index (χ1) is 18.1. The van der Waals surface area contributed by atoms with Gasteiger partial charge in [-0.2, -0.15) is 13.2 Å². The first kappa shape index (κ1) is 28.6. The number of carbonyl (C=O) groups excluding carboxylic acids is 5. The fraction of sp³-hybridized carbons (Fsp3) is 0.607. The van der Waals surface area contributed by atoms with Gasteiger partial charge in [0.15, 0.2) is 11.2 Å². The second kappa shape index (κ2) is 7.86. The lowest BCUT2D eigenvalue weighted by atomic mass is 9.65. The molecule has 4 bridgehead atoms. The van der Waals surface area contributed by atoms with Crippen LogP contribution in [0.5, 0.6) is 0 Å². The highest BCUT2D eigenvalue weighted by Crippen LogP contribution is 2.68. The Hall–Kier alpha value is -2.95. The quantitative estimate of drug-likeness (QED) is 0.273.